The molecule has 0 fully saturated rings. The molecule has 0 aliphatic carbocycles. The molecule has 190 valence electrons. The van der Waals surface area contributed by atoms with E-state index >= 15 is 0 Å². The van der Waals surface area contributed by atoms with E-state index in [4.69, 9.17) is 9.47 Å². The van der Waals surface area contributed by atoms with Crippen LogP contribution in [0.15, 0.2) is 65.6 Å². The Labute approximate surface area is 206 Å². The van der Waals surface area contributed by atoms with Gasteiger partial charge in [0.05, 0.1) is 29.8 Å². The minimum absolute atomic E-state index is 0.0844. The Bertz CT molecular complexity index is 1360. The molecular formula is C25H23F3N2O5S. The number of nitrogens with zero attached hydrogens (tertiary/aromatic N) is 1. The molecule has 1 aliphatic heterocycles. The van der Waals surface area contributed by atoms with E-state index in [0.29, 0.717) is 0 Å². The number of amides is 1. The first kappa shape index (κ1) is 25.5. The molecule has 3 aromatic rings. The average Bonchev–Trinajstić information content (AvgIpc) is 2.82. The van der Waals surface area contributed by atoms with Crippen LogP contribution in [-0.4, -0.2) is 39.7 Å². The first-order valence-electron chi connectivity index (χ1n) is 11.0. The highest BCUT2D eigenvalue weighted by Gasteiger charge is 2.35. The largest absolute Gasteiger partial charge is 0.484 e. The van der Waals surface area contributed by atoms with E-state index in [1.165, 1.54) is 18.2 Å². The summed E-state index contributed by atoms with van der Waals surface area (Å²) in [5.41, 5.74) is -0.596. The number of nitrogens with one attached hydrogen (secondary N) is 1. The molecule has 0 saturated heterocycles. The van der Waals surface area contributed by atoms with Gasteiger partial charge in [-0.05, 0) is 68.4 Å². The third-order valence-corrected chi connectivity index (χ3v) is 7.15. The third-order valence-electron chi connectivity index (χ3n) is 5.36. The van der Waals surface area contributed by atoms with Crippen molar-refractivity contribution in [3.8, 4) is 5.75 Å². The zero-order chi connectivity index (χ0) is 26.0. The van der Waals surface area contributed by atoms with Gasteiger partial charge in [0.15, 0.2) is 0 Å². The van der Waals surface area contributed by atoms with Gasteiger partial charge in [0.2, 0.25) is 0 Å². The Kier molecular flexibility index (Phi) is 7.23. The molecule has 0 spiro atoms. The van der Waals surface area contributed by atoms with Crippen LogP contribution in [0, 0.1) is 17.5 Å². The Hall–Kier alpha value is -3.57. The summed E-state index contributed by atoms with van der Waals surface area (Å²) in [4.78, 5) is 12.4. The Morgan fingerprint density at radius 1 is 1.08 bits per heavy atom. The predicted molar refractivity (Wildman–Crippen MR) is 127 cm³/mol. The van der Waals surface area contributed by atoms with Crippen LogP contribution < -0.4 is 14.4 Å². The van der Waals surface area contributed by atoms with Gasteiger partial charge in [-0.2, -0.15) is 0 Å². The standard InChI is InChI=1S/C25H23F3N2O5S/c1-15(2)34-14-18-13-30(36(32,33)19-9-6-16(26)7-10-19)22-12-17(8-11-23(22)35-18)29-25(31)24-20(27)4-3-5-21(24)28/h3-12,15,18H,13-14H2,1-2H3,(H,29,31). The molecule has 1 atom stereocenters. The molecule has 1 aliphatic rings. The van der Waals surface area contributed by atoms with Crippen LogP contribution in [0.5, 0.6) is 5.75 Å². The molecule has 0 saturated carbocycles. The van der Waals surface area contributed by atoms with Crippen LogP contribution >= 0.6 is 0 Å². The van der Waals surface area contributed by atoms with Crippen molar-refractivity contribution in [1.82, 2.24) is 0 Å². The van der Waals surface area contributed by atoms with Crippen LogP contribution in [0.1, 0.15) is 24.2 Å². The molecule has 1 amide bonds. The van der Waals surface area contributed by atoms with Crippen molar-refractivity contribution in [2.75, 3.05) is 22.8 Å². The van der Waals surface area contributed by atoms with Gasteiger partial charge in [0, 0.05) is 5.69 Å². The minimum Gasteiger partial charge on any atom is -0.484 e. The number of halogens is 3. The minimum atomic E-state index is -4.18. The van der Waals surface area contributed by atoms with E-state index in [0.717, 1.165) is 46.8 Å². The van der Waals surface area contributed by atoms with Crippen LogP contribution in [-0.2, 0) is 14.8 Å². The van der Waals surface area contributed by atoms with E-state index in [1.807, 2.05) is 13.8 Å². The maximum absolute atomic E-state index is 14.0. The number of sulfonamides is 1. The SMILES string of the molecule is CC(C)OCC1CN(S(=O)(=O)c2ccc(F)cc2)c2cc(NC(=O)c3c(F)cccc3F)ccc2O1. The average molecular weight is 521 g/mol. The van der Waals surface area contributed by atoms with Gasteiger partial charge in [0.1, 0.15) is 34.9 Å². The van der Waals surface area contributed by atoms with E-state index in [2.05, 4.69) is 5.32 Å². The molecule has 7 nitrogen and oxygen atoms in total. The van der Waals surface area contributed by atoms with Crippen LogP contribution in [0.2, 0.25) is 0 Å². The van der Waals surface area contributed by atoms with Crippen molar-refractivity contribution in [1.29, 1.82) is 0 Å². The van der Waals surface area contributed by atoms with Gasteiger partial charge < -0.3 is 14.8 Å². The van der Waals surface area contributed by atoms with Crippen molar-refractivity contribution in [3.05, 3.63) is 83.7 Å². The summed E-state index contributed by atoms with van der Waals surface area (Å²) in [5, 5.41) is 2.39. The van der Waals surface area contributed by atoms with Crippen molar-refractivity contribution in [3.63, 3.8) is 0 Å². The summed E-state index contributed by atoms with van der Waals surface area (Å²) in [6, 6.07) is 11.6. The molecule has 1 unspecified atom stereocenters. The lowest BCUT2D eigenvalue weighted by Gasteiger charge is -2.36. The van der Waals surface area contributed by atoms with Gasteiger partial charge in [-0.3, -0.25) is 9.10 Å². The molecule has 36 heavy (non-hydrogen) atoms. The fourth-order valence-electron chi connectivity index (χ4n) is 3.65. The molecular weight excluding hydrogens is 497 g/mol. The Morgan fingerprint density at radius 3 is 2.39 bits per heavy atom. The summed E-state index contributed by atoms with van der Waals surface area (Å²) in [5.74, 6) is -3.52. The number of carbonyl (C=O) groups is 1. The predicted octanol–water partition coefficient (Wildman–Crippen LogP) is 4.74. The summed E-state index contributed by atoms with van der Waals surface area (Å²) < 4.78 is 81.1. The topological polar surface area (TPSA) is 84.9 Å². The quantitative estimate of drug-likeness (QED) is 0.487. The summed E-state index contributed by atoms with van der Waals surface area (Å²) in [7, 11) is -4.18. The van der Waals surface area contributed by atoms with Crippen LogP contribution in [0.25, 0.3) is 0 Å². The monoisotopic (exact) mass is 520 g/mol. The second-order valence-corrected chi connectivity index (χ2v) is 10.2. The number of rotatable bonds is 7. The lowest BCUT2D eigenvalue weighted by Crippen LogP contribution is -2.45. The van der Waals surface area contributed by atoms with Gasteiger partial charge in [-0.15, -0.1) is 0 Å². The number of hydrogen-bond acceptors (Lipinski definition) is 5. The zero-order valence-corrected chi connectivity index (χ0v) is 20.2. The zero-order valence-electron chi connectivity index (χ0n) is 19.4. The van der Waals surface area contributed by atoms with Gasteiger partial charge >= 0.3 is 0 Å². The van der Waals surface area contributed by atoms with Crippen molar-refractivity contribution in [2.45, 2.75) is 31.0 Å². The highest BCUT2D eigenvalue weighted by Crippen LogP contribution is 2.39. The molecule has 0 aromatic heterocycles. The second kappa shape index (κ2) is 10.2. The fourth-order valence-corrected chi connectivity index (χ4v) is 5.14. The van der Waals surface area contributed by atoms with Crippen molar-refractivity contribution >= 4 is 27.3 Å². The number of benzene rings is 3. The molecule has 11 heteroatoms. The normalized spacial score (nSPS) is 15.4. The number of carbonyl (C=O) groups excluding carboxylic acids is 1. The van der Waals surface area contributed by atoms with Gasteiger partial charge in [0.25, 0.3) is 15.9 Å². The number of ether oxygens (including phenoxy) is 2. The third kappa shape index (κ3) is 5.31. The molecule has 0 radical (unpaired) electrons. The molecule has 1 heterocycles. The second-order valence-electron chi connectivity index (χ2n) is 8.35. The van der Waals surface area contributed by atoms with E-state index in [9.17, 15) is 26.4 Å². The molecule has 1 N–H and O–H groups in total. The van der Waals surface area contributed by atoms with E-state index < -0.39 is 45.0 Å². The Morgan fingerprint density at radius 2 is 1.75 bits per heavy atom. The molecule has 3 aromatic carbocycles. The lowest BCUT2D eigenvalue weighted by atomic mass is 10.1. The smallest absolute Gasteiger partial charge is 0.264 e. The molecule has 0 bridgehead atoms. The fraction of sp³-hybridized carbons (Fsp3) is 0.240. The first-order valence-corrected chi connectivity index (χ1v) is 12.5. The lowest BCUT2D eigenvalue weighted by molar-refractivity contribution is 0.0175. The maximum atomic E-state index is 14.0. The van der Waals surface area contributed by atoms with Gasteiger partial charge in [-0.1, -0.05) is 6.07 Å². The molecule has 4 rings (SSSR count). The number of anilines is 2. The van der Waals surface area contributed by atoms with E-state index in [-0.39, 0.29) is 41.3 Å². The van der Waals surface area contributed by atoms with Crippen molar-refractivity contribution in [2.24, 2.45) is 0 Å². The summed E-state index contributed by atoms with van der Waals surface area (Å²) in [6.07, 6.45) is -0.767. The Balaban J connectivity index is 1.71. The van der Waals surface area contributed by atoms with Crippen LogP contribution in [0.3, 0.4) is 0 Å². The summed E-state index contributed by atoms with van der Waals surface area (Å²) >= 11 is 0. The van der Waals surface area contributed by atoms with E-state index in [1.54, 1.807) is 0 Å². The van der Waals surface area contributed by atoms with Crippen LogP contribution in [0.4, 0.5) is 24.5 Å². The number of fused-ring (bicyclic) bond motifs is 1. The maximum Gasteiger partial charge on any atom is 0.264 e. The summed E-state index contributed by atoms with van der Waals surface area (Å²) in [6.45, 7) is 3.64. The highest BCUT2D eigenvalue weighted by molar-refractivity contribution is 7.92. The first-order chi connectivity index (χ1) is 17.1. The number of hydrogen-bond donors (Lipinski definition) is 1. The van der Waals surface area contributed by atoms with Crippen molar-refractivity contribution < 1.29 is 35.9 Å². The van der Waals surface area contributed by atoms with Gasteiger partial charge in [-0.25, -0.2) is 21.6 Å². The highest BCUT2D eigenvalue weighted by atomic mass is 32.2.